The van der Waals surface area contributed by atoms with Gasteiger partial charge in [0.05, 0.1) is 5.66 Å². The van der Waals surface area contributed by atoms with Gasteiger partial charge < -0.3 is 9.32 Å². The van der Waals surface area contributed by atoms with Crippen molar-refractivity contribution in [2.24, 2.45) is 0 Å². The summed E-state index contributed by atoms with van der Waals surface area (Å²) >= 11 is 0. The van der Waals surface area contributed by atoms with Crippen LogP contribution in [-0.4, -0.2) is 6.71 Å². The molecule has 5 aromatic rings. The second kappa shape index (κ2) is 6.42. The molecule has 2 aliphatic rings. The van der Waals surface area contributed by atoms with E-state index in [9.17, 15) is 0 Å². The van der Waals surface area contributed by atoms with Crippen LogP contribution in [0.15, 0.2) is 95.4 Å². The first-order chi connectivity index (χ1) is 16.0. The van der Waals surface area contributed by atoms with Crippen LogP contribution < -0.4 is 21.5 Å². The zero-order chi connectivity index (χ0) is 22.3. The molecule has 0 N–H and O–H groups in total. The van der Waals surface area contributed by atoms with Crippen molar-refractivity contribution in [3.8, 4) is 11.1 Å². The molecule has 0 saturated carbocycles. The molecule has 7 rings (SSSR count). The summed E-state index contributed by atoms with van der Waals surface area (Å²) in [4.78, 5) is 2.40. The zero-order valence-corrected chi connectivity index (χ0v) is 19.1. The van der Waals surface area contributed by atoms with E-state index in [-0.39, 0.29) is 12.1 Å². The molecule has 0 bridgehead atoms. The molecule has 1 aromatic heterocycles. The van der Waals surface area contributed by atoms with Crippen molar-refractivity contribution in [1.29, 1.82) is 0 Å². The Balaban J connectivity index is 1.56. The Labute approximate surface area is 194 Å². The number of nitrogens with zero attached hydrogens (tertiary/aromatic N) is 1. The van der Waals surface area contributed by atoms with Gasteiger partial charge in [-0.3, -0.25) is 0 Å². The normalized spacial score (nSPS) is 13.8. The van der Waals surface area contributed by atoms with Gasteiger partial charge in [0.2, 0.25) is 0 Å². The van der Waals surface area contributed by atoms with Crippen LogP contribution in [0.2, 0.25) is 0 Å². The molecular formula is C30H24BNO. The van der Waals surface area contributed by atoms with E-state index < -0.39 is 0 Å². The Morgan fingerprint density at radius 3 is 2.33 bits per heavy atom. The molecule has 0 unspecified atom stereocenters. The van der Waals surface area contributed by atoms with Crippen LogP contribution in [-0.2, 0) is 5.41 Å². The van der Waals surface area contributed by atoms with Gasteiger partial charge in [0.15, 0.2) is 0 Å². The lowest BCUT2D eigenvalue weighted by atomic mass is 9.39. The quantitative estimate of drug-likeness (QED) is 0.300. The predicted molar refractivity (Wildman–Crippen MR) is 140 cm³/mol. The Morgan fingerprint density at radius 1 is 0.758 bits per heavy atom. The fourth-order valence-corrected chi connectivity index (χ4v) is 5.68. The van der Waals surface area contributed by atoms with Crippen LogP contribution in [0.4, 0.5) is 17.1 Å². The highest BCUT2D eigenvalue weighted by molar-refractivity contribution is 7.01. The molecule has 158 valence electrons. The van der Waals surface area contributed by atoms with Crippen LogP contribution in [0.5, 0.6) is 0 Å². The Bertz CT molecular complexity index is 1560. The molecule has 0 amide bonds. The van der Waals surface area contributed by atoms with E-state index in [2.05, 4.69) is 117 Å². The molecule has 3 heteroatoms. The molecule has 0 saturated heterocycles. The summed E-state index contributed by atoms with van der Waals surface area (Å²) in [6.07, 6.45) is 0. The molecule has 2 aliphatic heterocycles. The minimum atomic E-state index is 0.0890. The SMILES string of the molecule is CC(C)(C)c1ccc2oc3c(c2c1)-c1cccc2c1B3c1ccccc1N2c1ccccc1. The van der Waals surface area contributed by atoms with E-state index >= 15 is 0 Å². The summed E-state index contributed by atoms with van der Waals surface area (Å²) in [7, 11) is 0. The molecular weight excluding hydrogens is 401 g/mol. The van der Waals surface area contributed by atoms with Crippen LogP contribution in [0, 0.1) is 0 Å². The summed E-state index contributed by atoms with van der Waals surface area (Å²) in [5.74, 6) is 0. The number of fused-ring (bicyclic) bond motifs is 7. The van der Waals surface area contributed by atoms with E-state index in [1.54, 1.807) is 0 Å². The lowest BCUT2D eigenvalue weighted by molar-refractivity contribution is 0.590. The smallest absolute Gasteiger partial charge is 0.293 e. The first-order valence-corrected chi connectivity index (χ1v) is 11.7. The molecule has 2 nitrogen and oxygen atoms in total. The predicted octanol–water partition coefficient (Wildman–Crippen LogP) is 6.01. The van der Waals surface area contributed by atoms with Gasteiger partial charge in [0.25, 0.3) is 6.71 Å². The average Bonchev–Trinajstić information content (AvgIpc) is 3.35. The molecule has 0 atom stereocenters. The molecule has 0 fully saturated rings. The second-order valence-electron chi connectivity index (χ2n) is 10.2. The van der Waals surface area contributed by atoms with Gasteiger partial charge in [-0.1, -0.05) is 75.4 Å². The van der Waals surface area contributed by atoms with Gasteiger partial charge in [0, 0.05) is 28.0 Å². The van der Waals surface area contributed by atoms with E-state index in [0.717, 1.165) is 11.2 Å². The molecule has 33 heavy (non-hydrogen) atoms. The molecule has 4 aromatic carbocycles. The fourth-order valence-electron chi connectivity index (χ4n) is 5.68. The number of hydrogen-bond donors (Lipinski definition) is 0. The lowest BCUT2D eigenvalue weighted by Crippen LogP contribution is -2.54. The van der Waals surface area contributed by atoms with Crippen molar-refractivity contribution in [2.75, 3.05) is 4.90 Å². The summed E-state index contributed by atoms with van der Waals surface area (Å²) in [6, 6.07) is 32.9. The van der Waals surface area contributed by atoms with Crippen molar-refractivity contribution in [3.63, 3.8) is 0 Å². The zero-order valence-electron chi connectivity index (χ0n) is 19.1. The maximum atomic E-state index is 6.63. The third kappa shape index (κ3) is 2.51. The van der Waals surface area contributed by atoms with Crippen molar-refractivity contribution >= 4 is 51.3 Å². The van der Waals surface area contributed by atoms with E-state index in [1.165, 1.54) is 50.1 Å². The average molecular weight is 425 g/mol. The van der Waals surface area contributed by atoms with Crippen LogP contribution in [0.25, 0.3) is 22.1 Å². The van der Waals surface area contributed by atoms with Gasteiger partial charge in [0.1, 0.15) is 5.58 Å². The van der Waals surface area contributed by atoms with Gasteiger partial charge in [-0.25, -0.2) is 0 Å². The third-order valence-electron chi connectivity index (χ3n) is 7.23. The largest absolute Gasteiger partial charge is 0.470 e. The molecule has 0 radical (unpaired) electrons. The lowest BCUT2D eigenvalue weighted by Gasteiger charge is -2.35. The number of furan rings is 1. The van der Waals surface area contributed by atoms with Crippen molar-refractivity contribution in [3.05, 3.63) is 96.6 Å². The highest BCUT2D eigenvalue weighted by Gasteiger charge is 2.45. The number of hydrogen-bond acceptors (Lipinski definition) is 2. The monoisotopic (exact) mass is 425 g/mol. The highest BCUT2D eigenvalue weighted by Crippen LogP contribution is 2.43. The number of anilines is 3. The molecule has 0 aliphatic carbocycles. The Kier molecular flexibility index (Phi) is 3.66. The van der Waals surface area contributed by atoms with Crippen LogP contribution in [0.3, 0.4) is 0 Å². The van der Waals surface area contributed by atoms with E-state index in [1.807, 2.05) is 0 Å². The van der Waals surface area contributed by atoms with Crippen molar-refractivity contribution in [1.82, 2.24) is 0 Å². The summed E-state index contributed by atoms with van der Waals surface area (Å²) in [5, 5.41) is 1.23. The van der Waals surface area contributed by atoms with Gasteiger partial charge in [-0.05, 0) is 63.9 Å². The summed E-state index contributed by atoms with van der Waals surface area (Å²) in [5.41, 5.74) is 12.4. The van der Waals surface area contributed by atoms with Gasteiger partial charge in [-0.15, -0.1) is 0 Å². The summed E-state index contributed by atoms with van der Waals surface area (Å²) < 4.78 is 6.63. The third-order valence-corrected chi connectivity index (χ3v) is 7.23. The maximum Gasteiger partial charge on any atom is 0.293 e. The number of para-hydroxylation sites is 2. The maximum absolute atomic E-state index is 6.63. The second-order valence-corrected chi connectivity index (χ2v) is 10.2. The van der Waals surface area contributed by atoms with Gasteiger partial charge >= 0.3 is 0 Å². The number of rotatable bonds is 1. The van der Waals surface area contributed by atoms with Gasteiger partial charge in [-0.2, -0.15) is 0 Å². The summed E-state index contributed by atoms with van der Waals surface area (Å²) in [6.45, 7) is 6.93. The molecule has 3 heterocycles. The fraction of sp³-hybridized carbons (Fsp3) is 0.133. The Hall–Kier alpha value is -3.72. The highest BCUT2D eigenvalue weighted by atomic mass is 16.3. The van der Waals surface area contributed by atoms with E-state index in [4.69, 9.17) is 4.42 Å². The van der Waals surface area contributed by atoms with Crippen molar-refractivity contribution in [2.45, 2.75) is 26.2 Å². The first kappa shape index (κ1) is 18.8. The van der Waals surface area contributed by atoms with Crippen molar-refractivity contribution < 1.29 is 4.42 Å². The minimum absolute atomic E-state index is 0.0890. The van der Waals surface area contributed by atoms with Crippen LogP contribution >= 0.6 is 0 Å². The first-order valence-electron chi connectivity index (χ1n) is 11.7. The topological polar surface area (TPSA) is 16.4 Å². The standard InChI is InChI=1S/C30H24BNO/c1-30(2,3)19-16-17-26-22(18-19)27-21-12-9-15-25-28(21)31(29(27)33-26)23-13-7-8-14-24(23)32(25)20-10-5-4-6-11-20/h4-18H,1-3H3. The molecule has 0 spiro atoms. The Morgan fingerprint density at radius 2 is 1.52 bits per heavy atom. The van der Waals surface area contributed by atoms with Crippen LogP contribution in [0.1, 0.15) is 26.3 Å². The van der Waals surface area contributed by atoms with E-state index in [0.29, 0.717) is 0 Å². The minimum Gasteiger partial charge on any atom is -0.470 e. The number of benzene rings is 4.